The van der Waals surface area contributed by atoms with Crippen LogP contribution in [-0.4, -0.2) is 6.04 Å². The highest BCUT2D eigenvalue weighted by Gasteiger charge is 2.18. The summed E-state index contributed by atoms with van der Waals surface area (Å²) in [4.78, 5) is 0. The number of nitrogens with two attached hydrogens (primary N) is 1. The Hall–Kier alpha value is -0.300. The molecule has 0 spiro atoms. The van der Waals surface area contributed by atoms with Crippen LogP contribution in [0.25, 0.3) is 0 Å². The SMILES string of the molecule is CCC1=C(CC)C(N)CC1. The van der Waals surface area contributed by atoms with Crippen LogP contribution in [-0.2, 0) is 0 Å². The molecular weight excluding hydrogens is 122 g/mol. The Labute approximate surface area is 63.3 Å². The van der Waals surface area contributed by atoms with Gasteiger partial charge in [0.1, 0.15) is 0 Å². The number of allylic oxidation sites excluding steroid dienone is 1. The topological polar surface area (TPSA) is 26.0 Å². The monoisotopic (exact) mass is 139 g/mol. The van der Waals surface area contributed by atoms with Crippen molar-refractivity contribution in [1.82, 2.24) is 0 Å². The van der Waals surface area contributed by atoms with Crippen molar-refractivity contribution in [2.24, 2.45) is 5.73 Å². The lowest BCUT2D eigenvalue weighted by Gasteiger charge is -2.06. The van der Waals surface area contributed by atoms with E-state index in [9.17, 15) is 0 Å². The average molecular weight is 139 g/mol. The molecule has 1 unspecified atom stereocenters. The second kappa shape index (κ2) is 3.20. The van der Waals surface area contributed by atoms with Crippen LogP contribution in [0.1, 0.15) is 39.5 Å². The van der Waals surface area contributed by atoms with E-state index in [0.717, 1.165) is 6.42 Å². The van der Waals surface area contributed by atoms with Crippen molar-refractivity contribution in [3.05, 3.63) is 11.1 Å². The lowest BCUT2D eigenvalue weighted by Crippen LogP contribution is -2.18. The van der Waals surface area contributed by atoms with Gasteiger partial charge in [0.25, 0.3) is 0 Å². The van der Waals surface area contributed by atoms with Crippen molar-refractivity contribution in [3.63, 3.8) is 0 Å². The van der Waals surface area contributed by atoms with Crippen molar-refractivity contribution in [3.8, 4) is 0 Å². The smallest absolute Gasteiger partial charge is 0.0259 e. The molecule has 1 aliphatic carbocycles. The standard InChI is InChI=1S/C9H17N/c1-3-7-5-6-9(10)8(7)4-2/h9H,3-6,10H2,1-2H3. The first-order chi connectivity index (χ1) is 4.79. The summed E-state index contributed by atoms with van der Waals surface area (Å²) in [5.41, 5.74) is 9.05. The summed E-state index contributed by atoms with van der Waals surface area (Å²) in [5, 5.41) is 0. The van der Waals surface area contributed by atoms with Gasteiger partial charge < -0.3 is 5.73 Å². The maximum absolute atomic E-state index is 5.90. The fraction of sp³-hybridized carbons (Fsp3) is 0.778. The van der Waals surface area contributed by atoms with Crippen LogP contribution in [0.15, 0.2) is 11.1 Å². The Kier molecular flexibility index (Phi) is 2.50. The van der Waals surface area contributed by atoms with Gasteiger partial charge in [-0.1, -0.05) is 25.0 Å². The third-order valence-electron chi connectivity index (χ3n) is 2.47. The van der Waals surface area contributed by atoms with Gasteiger partial charge in [0, 0.05) is 6.04 Å². The minimum absolute atomic E-state index is 0.389. The van der Waals surface area contributed by atoms with Crippen molar-refractivity contribution >= 4 is 0 Å². The van der Waals surface area contributed by atoms with Gasteiger partial charge >= 0.3 is 0 Å². The molecule has 2 N–H and O–H groups in total. The molecule has 58 valence electrons. The molecule has 0 aromatic rings. The van der Waals surface area contributed by atoms with E-state index >= 15 is 0 Å². The normalized spacial score (nSPS) is 26.1. The van der Waals surface area contributed by atoms with Crippen LogP contribution in [0.5, 0.6) is 0 Å². The first-order valence-corrected chi connectivity index (χ1v) is 4.26. The second-order valence-corrected chi connectivity index (χ2v) is 2.98. The molecule has 1 heteroatoms. The number of hydrogen-bond acceptors (Lipinski definition) is 1. The molecule has 1 nitrogen and oxygen atoms in total. The summed E-state index contributed by atoms with van der Waals surface area (Å²) in [7, 11) is 0. The maximum atomic E-state index is 5.90. The highest BCUT2D eigenvalue weighted by atomic mass is 14.6. The van der Waals surface area contributed by atoms with Gasteiger partial charge in [-0.2, -0.15) is 0 Å². The molecule has 0 aromatic carbocycles. The summed E-state index contributed by atoms with van der Waals surface area (Å²) >= 11 is 0. The fourth-order valence-electron chi connectivity index (χ4n) is 1.84. The molecule has 10 heavy (non-hydrogen) atoms. The van der Waals surface area contributed by atoms with E-state index in [1.807, 2.05) is 0 Å². The largest absolute Gasteiger partial charge is 0.324 e. The quantitative estimate of drug-likeness (QED) is 0.583. The summed E-state index contributed by atoms with van der Waals surface area (Å²) in [6.45, 7) is 4.43. The molecule has 0 saturated heterocycles. The van der Waals surface area contributed by atoms with Crippen LogP contribution in [0.2, 0.25) is 0 Å². The third-order valence-corrected chi connectivity index (χ3v) is 2.47. The van der Waals surface area contributed by atoms with E-state index in [-0.39, 0.29) is 0 Å². The van der Waals surface area contributed by atoms with Crippen LogP contribution in [0, 0.1) is 0 Å². The van der Waals surface area contributed by atoms with Crippen LogP contribution < -0.4 is 5.73 Å². The van der Waals surface area contributed by atoms with E-state index < -0.39 is 0 Å². The summed E-state index contributed by atoms with van der Waals surface area (Å²) < 4.78 is 0. The molecule has 0 bridgehead atoms. The van der Waals surface area contributed by atoms with Crippen molar-refractivity contribution < 1.29 is 0 Å². The second-order valence-electron chi connectivity index (χ2n) is 2.98. The predicted octanol–water partition coefficient (Wildman–Crippen LogP) is 2.22. The maximum Gasteiger partial charge on any atom is 0.0259 e. The minimum Gasteiger partial charge on any atom is -0.324 e. The molecule has 0 radical (unpaired) electrons. The number of hydrogen-bond donors (Lipinski definition) is 1. The molecule has 0 aliphatic heterocycles. The fourth-order valence-corrected chi connectivity index (χ4v) is 1.84. The average Bonchev–Trinajstić information content (AvgIpc) is 2.30. The predicted molar refractivity (Wildman–Crippen MR) is 44.8 cm³/mol. The first-order valence-electron chi connectivity index (χ1n) is 4.26. The Morgan fingerprint density at radius 1 is 1.40 bits per heavy atom. The Balaban J connectivity index is 2.71. The zero-order valence-corrected chi connectivity index (χ0v) is 6.98. The van der Waals surface area contributed by atoms with Crippen molar-refractivity contribution in [2.45, 2.75) is 45.6 Å². The molecule has 0 aromatic heterocycles. The van der Waals surface area contributed by atoms with E-state index in [0.29, 0.717) is 6.04 Å². The van der Waals surface area contributed by atoms with Crippen molar-refractivity contribution in [1.29, 1.82) is 0 Å². The van der Waals surface area contributed by atoms with Crippen LogP contribution in [0.3, 0.4) is 0 Å². The summed E-state index contributed by atoms with van der Waals surface area (Å²) in [5.74, 6) is 0. The highest BCUT2D eigenvalue weighted by Crippen LogP contribution is 2.29. The minimum atomic E-state index is 0.389. The Morgan fingerprint density at radius 2 is 2.10 bits per heavy atom. The van der Waals surface area contributed by atoms with Gasteiger partial charge in [0.15, 0.2) is 0 Å². The zero-order chi connectivity index (χ0) is 7.56. The highest BCUT2D eigenvalue weighted by molar-refractivity contribution is 5.24. The van der Waals surface area contributed by atoms with E-state index in [1.54, 1.807) is 5.57 Å². The molecule has 1 rings (SSSR count). The molecule has 0 amide bonds. The molecule has 1 atom stereocenters. The molecule has 0 fully saturated rings. The molecular formula is C9H17N. The van der Waals surface area contributed by atoms with Gasteiger partial charge in [-0.15, -0.1) is 0 Å². The molecule has 1 aliphatic rings. The summed E-state index contributed by atoms with van der Waals surface area (Å²) in [6, 6.07) is 0.389. The molecule has 0 heterocycles. The summed E-state index contributed by atoms with van der Waals surface area (Å²) in [6.07, 6.45) is 4.80. The van der Waals surface area contributed by atoms with E-state index in [2.05, 4.69) is 13.8 Å². The molecule has 0 saturated carbocycles. The Bertz CT molecular complexity index is 147. The Morgan fingerprint density at radius 3 is 2.50 bits per heavy atom. The number of rotatable bonds is 2. The van der Waals surface area contributed by atoms with Crippen LogP contribution >= 0.6 is 0 Å². The van der Waals surface area contributed by atoms with Gasteiger partial charge in [0.2, 0.25) is 0 Å². The lowest BCUT2D eigenvalue weighted by molar-refractivity contribution is 0.730. The van der Waals surface area contributed by atoms with Gasteiger partial charge in [-0.3, -0.25) is 0 Å². The lowest BCUT2D eigenvalue weighted by atomic mass is 10.1. The van der Waals surface area contributed by atoms with Gasteiger partial charge in [-0.25, -0.2) is 0 Å². The van der Waals surface area contributed by atoms with Crippen LogP contribution in [0.4, 0.5) is 0 Å². The first kappa shape index (κ1) is 7.80. The van der Waals surface area contributed by atoms with Crippen molar-refractivity contribution in [2.75, 3.05) is 0 Å². The van der Waals surface area contributed by atoms with Gasteiger partial charge in [0.05, 0.1) is 0 Å². The van der Waals surface area contributed by atoms with E-state index in [1.165, 1.54) is 24.8 Å². The van der Waals surface area contributed by atoms with Gasteiger partial charge in [-0.05, 0) is 25.7 Å². The van der Waals surface area contributed by atoms with E-state index in [4.69, 9.17) is 5.73 Å². The zero-order valence-electron chi connectivity index (χ0n) is 6.98. The third kappa shape index (κ3) is 1.24.